The van der Waals surface area contributed by atoms with Gasteiger partial charge < -0.3 is 24.6 Å². The molecule has 8 nitrogen and oxygen atoms in total. The molecule has 186 valence electrons. The van der Waals surface area contributed by atoms with Gasteiger partial charge in [0.25, 0.3) is 11.8 Å². The zero-order chi connectivity index (χ0) is 25.3. The maximum Gasteiger partial charge on any atom is 0.325 e. The maximum atomic E-state index is 12.5. The van der Waals surface area contributed by atoms with Gasteiger partial charge in [-0.2, -0.15) is 0 Å². The number of nitrogens with one attached hydrogen (secondary N) is 1. The number of anilines is 1. The van der Waals surface area contributed by atoms with E-state index in [0.717, 1.165) is 22.6 Å². The molecule has 8 heteroatoms. The topological polar surface area (TPSA) is 88.2 Å². The summed E-state index contributed by atoms with van der Waals surface area (Å²) in [4.78, 5) is 40.8. The first-order valence-corrected chi connectivity index (χ1v) is 11.8. The van der Waals surface area contributed by atoms with Crippen LogP contribution in [-0.2, 0) is 14.3 Å². The highest BCUT2D eigenvalue weighted by molar-refractivity contribution is 5.96. The molecular weight excluding hydrogens is 458 g/mol. The van der Waals surface area contributed by atoms with Gasteiger partial charge in [0.2, 0.25) is 0 Å². The number of piperazine rings is 1. The second-order valence-electron chi connectivity index (χ2n) is 8.35. The number of esters is 1. The largest absolute Gasteiger partial charge is 0.497 e. The predicted molar refractivity (Wildman–Crippen MR) is 137 cm³/mol. The summed E-state index contributed by atoms with van der Waals surface area (Å²) in [5.41, 5.74) is 3.56. The van der Waals surface area contributed by atoms with Crippen molar-refractivity contribution < 1.29 is 23.9 Å². The van der Waals surface area contributed by atoms with E-state index in [2.05, 4.69) is 10.2 Å². The SMILES string of the molecule is COc1ccc(N2CCN(C(=O)COC(=O)CNC(=O)c3ccc(-c4ccccc4)cc3)CC2)cc1. The normalized spacial score (nSPS) is 13.1. The molecule has 1 saturated heterocycles. The van der Waals surface area contributed by atoms with E-state index >= 15 is 0 Å². The van der Waals surface area contributed by atoms with Crippen molar-refractivity contribution in [1.29, 1.82) is 0 Å². The third kappa shape index (κ3) is 6.41. The summed E-state index contributed by atoms with van der Waals surface area (Å²) < 4.78 is 10.3. The standard InChI is InChI=1S/C28H29N3O5/c1-35-25-13-11-24(12-14-25)30-15-17-31(18-16-30)26(32)20-36-27(33)19-29-28(34)23-9-7-22(8-10-23)21-5-3-2-4-6-21/h2-14H,15-20H2,1H3,(H,29,34). The van der Waals surface area contributed by atoms with Crippen LogP contribution in [0.15, 0.2) is 78.9 Å². The highest BCUT2D eigenvalue weighted by Crippen LogP contribution is 2.21. The van der Waals surface area contributed by atoms with Gasteiger partial charge in [-0.05, 0) is 47.5 Å². The first-order chi connectivity index (χ1) is 17.5. The van der Waals surface area contributed by atoms with E-state index in [1.165, 1.54) is 0 Å². The lowest BCUT2D eigenvalue weighted by Crippen LogP contribution is -2.50. The number of ether oxygens (including phenoxy) is 2. The Hall–Kier alpha value is -4.33. The molecule has 4 rings (SSSR count). The lowest BCUT2D eigenvalue weighted by atomic mass is 10.0. The zero-order valence-electron chi connectivity index (χ0n) is 20.2. The molecule has 1 N–H and O–H groups in total. The number of hydrogen-bond acceptors (Lipinski definition) is 6. The van der Waals surface area contributed by atoms with Gasteiger partial charge in [0.1, 0.15) is 12.3 Å². The fourth-order valence-corrected chi connectivity index (χ4v) is 3.99. The fraction of sp³-hybridized carbons (Fsp3) is 0.250. The van der Waals surface area contributed by atoms with Crippen molar-refractivity contribution in [3.05, 3.63) is 84.4 Å². The zero-order valence-corrected chi connectivity index (χ0v) is 20.2. The highest BCUT2D eigenvalue weighted by atomic mass is 16.5. The van der Waals surface area contributed by atoms with E-state index in [4.69, 9.17) is 9.47 Å². The first-order valence-electron chi connectivity index (χ1n) is 11.8. The van der Waals surface area contributed by atoms with Crippen molar-refractivity contribution in [3.63, 3.8) is 0 Å². The molecule has 1 aliphatic heterocycles. The van der Waals surface area contributed by atoms with Crippen LogP contribution in [-0.4, -0.2) is 69.1 Å². The van der Waals surface area contributed by atoms with Crippen molar-refractivity contribution in [2.24, 2.45) is 0 Å². The molecular formula is C28H29N3O5. The average Bonchev–Trinajstić information content (AvgIpc) is 2.95. The van der Waals surface area contributed by atoms with E-state index in [9.17, 15) is 14.4 Å². The van der Waals surface area contributed by atoms with Crippen molar-refractivity contribution in [2.75, 3.05) is 51.3 Å². The Morgan fingerprint density at radius 3 is 2.08 bits per heavy atom. The molecule has 3 aromatic rings. The molecule has 36 heavy (non-hydrogen) atoms. The van der Waals surface area contributed by atoms with Gasteiger partial charge in [0.15, 0.2) is 6.61 Å². The number of hydrogen-bond donors (Lipinski definition) is 1. The van der Waals surface area contributed by atoms with Crippen molar-refractivity contribution in [3.8, 4) is 16.9 Å². The summed E-state index contributed by atoms with van der Waals surface area (Å²) in [6.07, 6.45) is 0. The van der Waals surface area contributed by atoms with Gasteiger partial charge in [0.05, 0.1) is 7.11 Å². The van der Waals surface area contributed by atoms with Gasteiger partial charge in [-0.3, -0.25) is 14.4 Å². The van der Waals surface area contributed by atoms with E-state index in [-0.39, 0.29) is 25.0 Å². The average molecular weight is 488 g/mol. The number of amides is 2. The van der Waals surface area contributed by atoms with E-state index < -0.39 is 5.97 Å². The second-order valence-corrected chi connectivity index (χ2v) is 8.35. The molecule has 1 aliphatic rings. The molecule has 2 amide bonds. The van der Waals surface area contributed by atoms with Crippen LogP contribution in [0.2, 0.25) is 0 Å². The smallest absolute Gasteiger partial charge is 0.325 e. The van der Waals surface area contributed by atoms with Crippen LogP contribution in [0.5, 0.6) is 5.75 Å². The van der Waals surface area contributed by atoms with Crippen LogP contribution < -0.4 is 15.0 Å². The van der Waals surface area contributed by atoms with Crippen LogP contribution in [0.4, 0.5) is 5.69 Å². The van der Waals surface area contributed by atoms with Crippen molar-refractivity contribution in [1.82, 2.24) is 10.2 Å². The molecule has 0 bridgehead atoms. The summed E-state index contributed by atoms with van der Waals surface area (Å²) in [7, 11) is 1.63. The number of methoxy groups -OCH3 is 1. The van der Waals surface area contributed by atoms with E-state index in [0.29, 0.717) is 31.7 Å². The minimum Gasteiger partial charge on any atom is -0.497 e. The number of nitrogens with zero attached hydrogens (tertiary/aromatic N) is 2. The Balaban J connectivity index is 1.17. The van der Waals surface area contributed by atoms with Crippen molar-refractivity contribution >= 4 is 23.5 Å². The van der Waals surface area contributed by atoms with Gasteiger partial charge in [0, 0.05) is 37.4 Å². The fourth-order valence-electron chi connectivity index (χ4n) is 3.99. The molecule has 0 unspecified atom stereocenters. The molecule has 0 aromatic heterocycles. The Morgan fingerprint density at radius 1 is 0.806 bits per heavy atom. The number of carbonyl (C=O) groups excluding carboxylic acids is 3. The van der Waals surface area contributed by atoms with Gasteiger partial charge in [-0.15, -0.1) is 0 Å². The summed E-state index contributed by atoms with van der Waals surface area (Å²) >= 11 is 0. The lowest BCUT2D eigenvalue weighted by Gasteiger charge is -2.36. The van der Waals surface area contributed by atoms with Crippen molar-refractivity contribution in [2.45, 2.75) is 0 Å². The van der Waals surface area contributed by atoms with Crippen LogP contribution in [0.1, 0.15) is 10.4 Å². The molecule has 3 aromatic carbocycles. The summed E-state index contributed by atoms with van der Waals surface area (Å²) in [5.74, 6) is -0.492. The van der Waals surface area contributed by atoms with Crippen LogP contribution in [0.3, 0.4) is 0 Å². The highest BCUT2D eigenvalue weighted by Gasteiger charge is 2.22. The van der Waals surface area contributed by atoms with Gasteiger partial charge in [-0.1, -0.05) is 42.5 Å². The van der Waals surface area contributed by atoms with E-state index in [1.807, 2.05) is 66.7 Å². The molecule has 0 aliphatic carbocycles. The molecule has 1 heterocycles. The lowest BCUT2D eigenvalue weighted by molar-refractivity contribution is -0.151. The second kappa shape index (κ2) is 11.9. The summed E-state index contributed by atoms with van der Waals surface area (Å²) in [5, 5.41) is 2.54. The molecule has 1 fully saturated rings. The number of rotatable bonds is 8. The summed E-state index contributed by atoms with van der Waals surface area (Å²) in [6.45, 7) is 1.80. The van der Waals surface area contributed by atoms with E-state index in [1.54, 1.807) is 24.1 Å². The third-order valence-corrected chi connectivity index (χ3v) is 6.07. The van der Waals surface area contributed by atoms with Crippen LogP contribution in [0, 0.1) is 0 Å². The Bertz CT molecular complexity index is 1170. The molecule has 0 spiro atoms. The quantitative estimate of drug-likeness (QED) is 0.492. The Morgan fingerprint density at radius 2 is 1.44 bits per heavy atom. The molecule has 0 radical (unpaired) electrons. The predicted octanol–water partition coefficient (Wildman–Crippen LogP) is 2.98. The number of carbonyl (C=O) groups is 3. The maximum absolute atomic E-state index is 12.5. The minimum atomic E-state index is -0.658. The number of benzene rings is 3. The van der Waals surface area contributed by atoms with Crippen LogP contribution in [0.25, 0.3) is 11.1 Å². The third-order valence-electron chi connectivity index (χ3n) is 6.07. The van der Waals surface area contributed by atoms with Crippen LogP contribution >= 0.6 is 0 Å². The minimum absolute atomic E-state index is 0.249. The molecule has 0 saturated carbocycles. The Kier molecular flexibility index (Phi) is 8.18. The monoisotopic (exact) mass is 487 g/mol. The molecule has 0 atom stereocenters. The summed E-state index contributed by atoms with van der Waals surface area (Å²) in [6, 6.07) is 24.8. The Labute approximate surface area is 210 Å². The van der Waals surface area contributed by atoms with Gasteiger partial charge in [-0.25, -0.2) is 0 Å². The first kappa shape index (κ1) is 24.8. The van der Waals surface area contributed by atoms with Gasteiger partial charge >= 0.3 is 5.97 Å².